The summed E-state index contributed by atoms with van der Waals surface area (Å²) in [5.74, 6) is -0.113. The van der Waals surface area contributed by atoms with Gasteiger partial charge in [-0.15, -0.1) is 0 Å². The molecule has 1 heterocycles. The molecule has 0 aliphatic heterocycles. The Morgan fingerprint density at radius 3 is 2.94 bits per heavy atom. The number of aromatic nitrogens is 1. The van der Waals surface area contributed by atoms with Crippen molar-refractivity contribution < 1.29 is 4.79 Å². The van der Waals surface area contributed by atoms with Crippen molar-refractivity contribution >= 4 is 33.4 Å². The van der Waals surface area contributed by atoms with Gasteiger partial charge in [-0.25, -0.2) is 0 Å². The summed E-state index contributed by atoms with van der Waals surface area (Å²) >= 11 is 9.36. The number of nitrogens with one attached hydrogen (secondary N) is 1. The number of rotatable bonds is 5. The molecule has 1 N–H and O–H groups in total. The summed E-state index contributed by atoms with van der Waals surface area (Å²) in [6, 6.07) is 1.64. The molecule has 0 unspecified atom stereocenters. The van der Waals surface area contributed by atoms with E-state index in [0.717, 1.165) is 18.3 Å². The molecule has 0 aromatic carbocycles. The van der Waals surface area contributed by atoms with Crippen LogP contribution in [-0.4, -0.2) is 22.8 Å². The highest BCUT2D eigenvalue weighted by molar-refractivity contribution is 9.09. The molecule has 92 valence electrons. The summed E-state index contributed by atoms with van der Waals surface area (Å²) in [5.41, 5.74) is 0.815. The minimum absolute atomic E-state index is 0.113. The smallest absolute Gasteiger partial charge is 0.252 e. The summed E-state index contributed by atoms with van der Waals surface area (Å²) in [5, 5.41) is 4.34. The zero-order valence-corrected chi connectivity index (χ0v) is 11.7. The third-order valence-electron chi connectivity index (χ3n) is 3.22. The molecule has 5 heteroatoms. The fraction of sp³-hybridized carbons (Fsp3) is 0.500. The van der Waals surface area contributed by atoms with E-state index in [0.29, 0.717) is 16.0 Å². The second kappa shape index (κ2) is 5.36. The Kier molecular flexibility index (Phi) is 4.05. The van der Waals surface area contributed by atoms with Crippen LogP contribution in [0.25, 0.3) is 0 Å². The van der Waals surface area contributed by atoms with E-state index in [2.05, 4.69) is 26.2 Å². The Labute approximate surface area is 114 Å². The number of nitrogens with zero attached hydrogens (tertiary/aromatic N) is 1. The SMILES string of the molecule is O=C(NCC1(CCBr)CC1)c1ccncc1Cl. The molecule has 2 rings (SSSR count). The monoisotopic (exact) mass is 316 g/mol. The van der Waals surface area contributed by atoms with E-state index < -0.39 is 0 Å². The number of alkyl halides is 1. The first kappa shape index (κ1) is 12.8. The first-order valence-electron chi connectivity index (χ1n) is 5.61. The first-order chi connectivity index (χ1) is 8.17. The maximum atomic E-state index is 11.9. The van der Waals surface area contributed by atoms with Crippen molar-refractivity contribution in [1.29, 1.82) is 0 Å². The first-order valence-corrected chi connectivity index (χ1v) is 7.10. The van der Waals surface area contributed by atoms with Crippen LogP contribution in [0, 0.1) is 5.41 Å². The zero-order valence-electron chi connectivity index (χ0n) is 9.38. The summed E-state index contributed by atoms with van der Waals surface area (Å²) in [6.07, 6.45) is 6.57. The van der Waals surface area contributed by atoms with E-state index in [1.54, 1.807) is 12.3 Å². The van der Waals surface area contributed by atoms with Crippen LogP contribution in [0.15, 0.2) is 18.5 Å². The number of hydrogen-bond donors (Lipinski definition) is 1. The molecule has 1 amide bonds. The van der Waals surface area contributed by atoms with Gasteiger partial charge in [0.2, 0.25) is 0 Å². The Hall–Kier alpha value is -0.610. The van der Waals surface area contributed by atoms with Crippen molar-refractivity contribution in [3.8, 4) is 0 Å². The van der Waals surface area contributed by atoms with Gasteiger partial charge in [-0.1, -0.05) is 27.5 Å². The lowest BCUT2D eigenvalue weighted by atomic mass is 10.0. The number of amides is 1. The van der Waals surface area contributed by atoms with E-state index in [-0.39, 0.29) is 5.91 Å². The molecule has 0 saturated heterocycles. The minimum Gasteiger partial charge on any atom is -0.351 e. The number of carbonyl (C=O) groups is 1. The van der Waals surface area contributed by atoms with Gasteiger partial charge >= 0.3 is 0 Å². The lowest BCUT2D eigenvalue weighted by Crippen LogP contribution is -2.30. The van der Waals surface area contributed by atoms with E-state index in [1.807, 2.05) is 0 Å². The summed E-state index contributed by atoms with van der Waals surface area (Å²) in [6.45, 7) is 0.732. The van der Waals surface area contributed by atoms with E-state index in [4.69, 9.17) is 11.6 Å². The van der Waals surface area contributed by atoms with Crippen molar-refractivity contribution in [2.24, 2.45) is 5.41 Å². The topological polar surface area (TPSA) is 42.0 Å². The normalized spacial score (nSPS) is 16.6. The van der Waals surface area contributed by atoms with Crippen LogP contribution in [0.5, 0.6) is 0 Å². The molecule has 0 atom stereocenters. The molecule has 0 radical (unpaired) electrons. The number of hydrogen-bond acceptors (Lipinski definition) is 2. The van der Waals surface area contributed by atoms with Crippen molar-refractivity contribution in [3.05, 3.63) is 29.0 Å². The Morgan fingerprint density at radius 1 is 1.59 bits per heavy atom. The van der Waals surface area contributed by atoms with E-state index in [1.165, 1.54) is 19.0 Å². The Balaban J connectivity index is 1.92. The molecule has 1 aromatic heterocycles. The minimum atomic E-state index is -0.113. The lowest BCUT2D eigenvalue weighted by molar-refractivity contribution is 0.0944. The van der Waals surface area contributed by atoms with Crippen LogP contribution in [0.2, 0.25) is 5.02 Å². The van der Waals surface area contributed by atoms with Gasteiger partial charge in [0, 0.05) is 24.3 Å². The van der Waals surface area contributed by atoms with Gasteiger partial charge in [0.15, 0.2) is 0 Å². The molecule has 17 heavy (non-hydrogen) atoms. The van der Waals surface area contributed by atoms with E-state index in [9.17, 15) is 4.79 Å². The second-order valence-electron chi connectivity index (χ2n) is 4.48. The Bertz CT molecular complexity index is 421. The average Bonchev–Trinajstić information content (AvgIpc) is 3.08. The van der Waals surface area contributed by atoms with Gasteiger partial charge in [0.1, 0.15) is 0 Å². The Morgan fingerprint density at radius 2 is 2.35 bits per heavy atom. The van der Waals surface area contributed by atoms with Gasteiger partial charge in [-0.2, -0.15) is 0 Å². The summed E-state index contributed by atoms with van der Waals surface area (Å²) < 4.78 is 0. The largest absolute Gasteiger partial charge is 0.351 e. The average molecular weight is 318 g/mol. The van der Waals surface area contributed by atoms with Crippen LogP contribution in [0.1, 0.15) is 29.6 Å². The van der Waals surface area contributed by atoms with E-state index >= 15 is 0 Å². The van der Waals surface area contributed by atoms with Crippen molar-refractivity contribution in [3.63, 3.8) is 0 Å². The highest BCUT2D eigenvalue weighted by Crippen LogP contribution is 2.48. The third kappa shape index (κ3) is 3.19. The van der Waals surface area contributed by atoms with Crippen LogP contribution >= 0.6 is 27.5 Å². The van der Waals surface area contributed by atoms with Gasteiger partial charge in [0.05, 0.1) is 10.6 Å². The molecule has 1 saturated carbocycles. The number of halogens is 2. The fourth-order valence-electron chi connectivity index (χ4n) is 1.81. The standard InChI is InChI=1S/C12H14BrClN2O/c13-5-4-12(2-3-12)8-16-11(17)9-1-6-15-7-10(9)14/h1,6-7H,2-5,8H2,(H,16,17). The molecule has 1 aliphatic carbocycles. The maximum Gasteiger partial charge on any atom is 0.252 e. The van der Waals surface area contributed by atoms with Crippen molar-refractivity contribution in [1.82, 2.24) is 10.3 Å². The highest BCUT2D eigenvalue weighted by atomic mass is 79.9. The lowest BCUT2D eigenvalue weighted by Gasteiger charge is -2.14. The van der Waals surface area contributed by atoms with Gasteiger partial charge in [0.25, 0.3) is 5.91 Å². The molecular formula is C12H14BrClN2O. The fourth-order valence-corrected chi connectivity index (χ4v) is 2.86. The molecule has 1 aromatic rings. The quantitative estimate of drug-likeness (QED) is 0.848. The number of pyridine rings is 1. The molecule has 3 nitrogen and oxygen atoms in total. The predicted octanol–water partition coefficient (Wildman–Crippen LogP) is 3.03. The van der Waals surface area contributed by atoms with Crippen molar-refractivity contribution in [2.45, 2.75) is 19.3 Å². The predicted molar refractivity (Wildman–Crippen MR) is 71.7 cm³/mol. The molecule has 1 aliphatic rings. The van der Waals surface area contributed by atoms with Gasteiger partial charge in [-0.3, -0.25) is 9.78 Å². The summed E-state index contributed by atoms with van der Waals surface area (Å²) in [4.78, 5) is 15.8. The zero-order chi connectivity index (χ0) is 12.3. The molecular weight excluding hydrogens is 304 g/mol. The second-order valence-corrected chi connectivity index (χ2v) is 5.68. The third-order valence-corrected chi connectivity index (χ3v) is 3.92. The maximum absolute atomic E-state index is 11.9. The van der Waals surface area contributed by atoms with Crippen LogP contribution in [0.3, 0.4) is 0 Å². The van der Waals surface area contributed by atoms with Crippen molar-refractivity contribution in [2.75, 3.05) is 11.9 Å². The number of carbonyl (C=O) groups excluding carboxylic acids is 1. The summed E-state index contributed by atoms with van der Waals surface area (Å²) in [7, 11) is 0. The van der Waals surface area contributed by atoms with Crippen LogP contribution < -0.4 is 5.32 Å². The van der Waals surface area contributed by atoms with Crippen LogP contribution in [0.4, 0.5) is 0 Å². The molecule has 0 spiro atoms. The molecule has 1 fully saturated rings. The van der Waals surface area contributed by atoms with Gasteiger partial charge in [-0.05, 0) is 30.7 Å². The van der Waals surface area contributed by atoms with Crippen LogP contribution in [-0.2, 0) is 0 Å². The molecule has 0 bridgehead atoms. The highest BCUT2D eigenvalue weighted by Gasteiger charge is 2.41. The van der Waals surface area contributed by atoms with Gasteiger partial charge < -0.3 is 5.32 Å².